The lowest BCUT2D eigenvalue weighted by atomic mass is 10.1. The lowest BCUT2D eigenvalue weighted by Crippen LogP contribution is -2.45. The van der Waals surface area contributed by atoms with E-state index in [1.165, 1.54) is 6.26 Å². The summed E-state index contributed by atoms with van der Waals surface area (Å²) in [5.41, 5.74) is 2.51. The number of likely N-dealkylation sites (N-methyl/N-ethyl adjacent to an activating group) is 1. The molecule has 2 aromatic carbocycles. The molecule has 0 spiro atoms. The Morgan fingerprint density at radius 1 is 0.872 bits per heavy atom. The van der Waals surface area contributed by atoms with E-state index in [-0.39, 0.29) is 5.91 Å². The van der Waals surface area contributed by atoms with Crippen LogP contribution in [-0.2, 0) is 19.5 Å². The van der Waals surface area contributed by atoms with E-state index in [1.54, 1.807) is 40.4 Å². The predicted molar refractivity (Wildman–Crippen MR) is 147 cm³/mol. The molecule has 0 bridgehead atoms. The lowest BCUT2D eigenvalue weighted by Gasteiger charge is -2.34. The maximum Gasteiger partial charge on any atom is 0.275 e. The van der Waals surface area contributed by atoms with Crippen LogP contribution in [0.4, 0.5) is 0 Å². The van der Waals surface area contributed by atoms with Crippen molar-refractivity contribution in [2.45, 2.75) is 19.5 Å². The smallest absolute Gasteiger partial charge is 0.275 e. The van der Waals surface area contributed by atoms with Crippen molar-refractivity contribution in [3.8, 4) is 23.0 Å². The van der Waals surface area contributed by atoms with Crippen molar-refractivity contribution in [3.63, 3.8) is 0 Å². The third-order valence-electron chi connectivity index (χ3n) is 7.01. The van der Waals surface area contributed by atoms with Crippen molar-refractivity contribution in [3.05, 3.63) is 65.4 Å². The summed E-state index contributed by atoms with van der Waals surface area (Å²) in [5, 5.41) is 0. The Balaban J connectivity index is 1.24. The second-order valence-corrected chi connectivity index (χ2v) is 9.52. The van der Waals surface area contributed by atoms with Crippen LogP contribution in [0.25, 0.3) is 0 Å². The maximum absolute atomic E-state index is 12.9. The van der Waals surface area contributed by atoms with Gasteiger partial charge in [-0.15, -0.1) is 0 Å². The number of hydrogen-bond acceptors (Lipinski definition) is 9. The molecule has 10 nitrogen and oxygen atoms in total. The van der Waals surface area contributed by atoms with Crippen LogP contribution < -0.4 is 18.9 Å². The van der Waals surface area contributed by atoms with Crippen molar-refractivity contribution in [2.24, 2.45) is 0 Å². The number of ether oxygens (including phenoxy) is 4. The molecule has 1 aliphatic heterocycles. The van der Waals surface area contributed by atoms with Gasteiger partial charge < -0.3 is 28.3 Å². The Hall–Kier alpha value is -3.76. The highest BCUT2D eigenvalue weighted by atomic mass is 16.5. The maximum atomic E-state index is 12.9. The molecule has 10 heteroatoms. The first-order chi connectivity index (χ1) is 18.9. The average molecular weight is 539 g/mol. The monoisotopic (exact) mass is 538 g/mol. The van der Waals surface area contributed by atoms with Crippen LogP contribution in [0.15, 0.2) is 47.1 Å². The van der Waals surface area contributed by atoms with Gasteiger partial charge in [0, 0.05) is 57.9 Å². The van der Waals surface area contributed by atoms with Crippen LogP contribution in [-0.4, -0.2) is 93.8 Å². The van der Waals surface area contributed by atoms with E-state index < -0.39 is 0 Å². The Bertz CT molecular complexity index is 1240. The molecular weight excluding hydrogens is 500 g/mol. The van der Waals surface area contributed by atoms with Crippen molar-refractivity contribution in [2.75, 3.05) is 68.2 Å². The molecule has 4 rings (SSSR count). The van der Waals surface area contributed by atoms with Gasteiger partial charge in [0.15, 0.2) is 17.2 Å². The molecule has 1 aromatic heterocycles. The number of nitrogens with zero attached hydrogens (tertiary/aromatic N) is 4. The van der Waals surface area contributed by atoms with Crippen LogP contribution in [0.5, 0.6) is 23.0 Å². The number of carbonyl (C=O) groups is 1. The zero-order valence-electron chi connectivity index (χ0n) is 23.4. The molecule has 39 heavy (non-hydrogen) atoms. The zero-order chi connectivity index (χ0) is 27.8. The summed E-state index contributed by atoms with van der Waals surface area (Å²) in [6.45, 7) is 5.53. The quantitative estimate of drug-likeness (QED) is 0.344. The van der Waals surface area contributed by atoms with Crippen LogP contribution in [0.2, 0.25) is 0 Å². The topological polar surface area (TPSA) is 89.7 Å². The van der Waals surface area contributed by atoms with Crippen molar-refractivity contribution in [1.82, 2.24) is 19.7 Å². The summed E-state index contributed by atoms with van der Waals surface area (Å²) in [5.74, 6) is 3.36. The van der Waals surface area contributed by atoms with Crippen molar-refractivity contribution >= 4 is 5.91 Å². The van der Waals surface area contributed by atoms with Gasteiger partial charge in [0.25, 0.3) is 5.91 Å². The van der Waals surface area contributed by atoms with E-state index in [9.17, 15) is 4.79 Å². The molecule has 3 aromatic rings. The highest BCUT2D eigenvalue weighted by Crippen LogP contribution is 2.28. The molecule has 210 valence electrons. The first-order valence-corrected chi connectivity index (χ1v) is 13.0. The molecule has 0 unspecified atom stereocenters. The SMILES string of the molecule is COc1ccc(CN2CCN(Cc3nc(C(=O)N(C)CCc4ccc(OC)c(OC)c4)co3)CC2)c(OC)c1. The molecule has 0 radical (unpaired) electrons. The minimum Gasteiger partial charge on any atom is -0.497 e. The van der Waals surface area contributed by atoms with E-state index in [2.05, 4.69) is 20.9 Å². The Labute approximate surface area is 230 Å². The van der Waals surface area contributed by atoms with E-state index in [0.29, 0.717) is 42.6 Å². The van der Waals surface area contributed by atoms with Gasteiger partial charge in [-0.05, 0) is 30.2 Å². The molecule has 1 saturated heterocycles. The highest BCUT2D eigenvalue weighted by Gasteiger charge is 2.22. The number of amides is 1. The van der Waals surface area contributed by atoms with Crippen LogP contribution in [0.1, 0.15) is 27.5 Å². The number of hydrogen-bond donors (Lipinski definition) is 0. The molecule has 1 fully saturated rings. The number of carbonyl (C=O) groups excluding carboxylic acids is 1. The summed E-state index contributed by atoms with van der Waals surface area (Å²) < 4.78 is 27.2. The van der Waals surface area contributed by atoms with E-state index >= 15 is 0 Å². The molecule has 1 amide bonds. The Morgan fingerprint density at radius 2 is 1.56 bits per heavy atom. The number of aromatic nitrogens is 1. The van der Waals surface area contributed by atoms with Gasteiger partial charge in [0.2, 0.25) is 5.89 Å². The van der Waals surface area contributed by atoms with E-state index in [4.69, 9.17) is 23.4 Å². The standard InChI is InChI=1S/C29H38N4O6/c1-31(11-10-21-6-9-25(36-3)27(16-21)38-5)29(34)24-20-39-28(30-24)19-33-14-12-32(13-15-33)18-22-7-8-23(35-2)17-26(22)37-4/h6-9,16-17,20H,10-15,18-19H2,1-5H3. The van der Waals surface area contributed by atoms with E-state index in [0.717, 1.165) is 55.3 Å². The summed E-state index contributed by atoms with van der Waals surface area (Å²) in [6, 6.07) is 11.7. The fraction of sp³-hybridized carbons (Fsp3) is 0.448. The average Bonchev–Trinajstić information content (AvgIpc) is 3.44. The van der Waals surface area contributed by atoms with Gasteiger partial charge in [0.1, 0.15) is 17.8 Å². The van der Waals surface area contributed by atoms with Crippen molar-refractivity contribution < 1.29 is 28.2 Å². The largest absolute Gasteiger partial charge is 0.497 e. The lowest BCUT2D eigenvalue weighted by molar-refractivity contribution is 0.0790. The fourth-order valence-electron chi connectivity index (χ4n) is 4.63. The molecule has 2 heterocycles. The van der Waals surface area contributed by atoms with Gasteiger partial charge in [-0.3, -0.25) is 14.6 Å². The summed E-state index contributed by atoms with van der Waals surface area (Å²) >= 11 is 0. The minimum absolute atomic E-state index is 0.163. The first-order valence-electron chi connectivity index (χ1n) is 13.0. The number of methoxy groups -OCH3 is 4. The third kappa shape index (κ3) is 7.21. The van der Waals surface area contributed by atoms with Crippen LogP contribution in [0, 0.1) is 0 Å². The molecule has 0 saturated carbocycles. The number of rotatable bonds is 12. The Morgan fingerprint density at radius 3 is 2.23 bits per heavy atom. The van der Waals surface area contributed by atoms with E-state index in [1.807, 2.05) is 30.3 Å². The summed E-state index contributed by atoms with van der Waals surface area (Å²) in [4.78, 5) is 23.8. The Kier molecular flexibility index (Phi) is 9.67. The normalized spacial score (nSPS) is 14.2. The van der Waals surface area contributed by atoms with Gasteiger partial charge in [-0.25, -0.2) is 4.98 Å². The number of benzene rings is 2. The minimum atomic E-state index is -0.163. The fourth-order valence-corrected chi connectivity index (χ4v) is 4.63. The predicted octanol–water partition coefficient (Wildman–Crippen LogP) is 3.34. The van der Waals surface area contributed by atoms with Gasteiger partial charge in [-0.2, -0.15) is 0 Å². The first kappa shape index (κ1) is 28.3. The number of piperazine rings is 1. The third-order valence-corrected chi connectivity index (χ3v) is 7.01. The second-order valence-electron chi connectivity index (χ2n) is 9.52. The van der Waals surface area contributed by atoms with Crippen molar-refractivity contribution in [1.29, 1.82) is 0 Å². The molecule has 1 aliphatic rings. The van der Waals surface area contributed by atoms with Crippen LogP contribution >= 0.6 is 0 Å². The van der Waals surface area contributed by atoms with Crippen LogP contribution in [0.3, 0.4) is 0 Å². The van der Waals surface area contributed by atoms with Gasteiger partial charge in [-0.1, -0.05) is 12.1 Å². The molecule has 0 aliphatic carbocycles. The van der Waals surface area contributed by atoms with Gasteiger partial charge >= 0.3 is 0 Å². The highest BCUT2D eigenvalue weighted by molar-refractivity contribution is 5.91. The zero-order valence-corrected chi connectivity index (χ0v) is 23.4. The second kappa shape index (κ2) is 13.3. The molecular formula is C29H38N4O6. The number of oxazole rings is 1. The molecule has 0 atom stereocenters. The summed E-state index contributed by atoms with van der Waals surface area (Å²) in [6.07, 6.45) is 2.14. The summed E-state index contributed by atoms with van der Waals surface area (Å²) in [7, 11) is 8.33. The molecule has 0 N–H and O–H groups in total. The van der Waals surface area contributed by atoms with Gasteiger partial charge in [0.05, 0.1) is 35.0 Å².